The highest BCUT2D eigenvalue weighted by molar-refractivity contribution is 9.10. The van der Waals surface area contributed by atoms with E-state index in [-0.39, 0.29) is 11.8 Å². The van der Waals surface area contributed by atoms with Crippen LogP contribution in [0.4, 0.5) is 0 Å². The van der Waals surface area contributed by atoms with Crippen molar-refractivity contribution in [2.24, 2.45) is 0 Å². The van der Waals surface area contributed by atoms with Gasteiger partial charge in [0.2, 0.25) is 0 Å². The van der Waals surface area contributed by atoms with Gasteiger partial charge in [-0.05, 0) is 60.1 Å². The normalized spacial score (nSPS) is 18.8. The van der Waals surface area contributed by atoms with E-state index in [2.05, 4.69) is 36.7 Å². The second kappa shape index (κ2) is 9.45. The van der Waals surface area contributed by atoms with Crippen LogP contribution >= 0.6 is 15.9 Å². The van der Waals surface area contributed by atoms with E-state index in [1.807, 2.05) is 24.3 Å². The number of benzene rings is 2. The number of likely N-dealkylation sites (tertiary alicyclic amines) is 1. The molecular formula is C23H28BrNO4Si. The summed E-state index contributed by atoms with van der Waals surface area (Å²) in [6, 6.07) is 17.0. The number of rotatable bonds is 8. The average molecular weight is 490 g/mol. The molecule has 2 aromatic carbocycles. The third kappa shape index (κ3) is 4.24. The highest BCUT2D eigenvalue weighted by atomic mass is 79.9. The zero-order valence-corrected chi connectivity index (χ0v) is 20.4. The van der Waals surface area contributed by atoms with Crippen LogP contribution in [0.25, 0.3) is 0 Å². The molecule has 3 rings (SSSR count). The lowest BCUT2D eigenvalue weighted by atomic mass is 9.90. The summed E-state index contributed by atoms with van der Waals surface area (Å²) in [6.45, 7) is 6.40. The number of carbonyl (C=O) groups is 2. The van der Waals surface area contributed by atoms with Gasteiger partial charge in [0.1, 0.15) is 5.75 Å². The number of nitrogens with zero attached hydrogens (tertiary/aromatic N) is 1. The first kappa shape index (κ1) is 22.7. The van der Waals surface area contributed by atoms with Crippen molar-refractivity contribution in [2.75, 3.05) is 7.11 Å². The summed E-state index contributed by atoms with van der Waals surface area (Å²) in [5.41, 5.74) is 1.35. The lowest BCUT2D eigenvalue weighted by molar-refractivity contribution is -0.158. The molecule has 2 unspecified atom stereocenters. The Bertz CT molecular complexity index is 888. The summed E-state index contributed by atoms with van der Waals surface area (Å²) in [7, 11) is -0.413. The quantitative estimate of drug-likeness (QED) is 0.276. The van der Waals surface area contributed by atoms with Crippen LogP contribution in [-0.2, 0) is 9.22 Å². The van der Waals surface area contributed by atoms with E-state index in [9.17, 15) is 9.59 Å². The second-order valence-electron chi connectivity index (χ2n) is 7.52. The molecule has 0 spiro atoms. The van der Waals surface area contributed by atoms with Gasteiger partial charge in [-0.3, -0.25) is 14.5 Å². The Morgan fingerprint density at radius 2 is 1.57 bits per heavy atom. The van der Waals surface area contributed by atoms with Crippen LogP contribution < -0.4 is 4.74 Å². The highest BCUT2D eigenvalue weighted by Gasteiger charge is 2.54. The van der Waals surface area contributed by atoms with Crippen LogP contribution in [0.2, 0.25) is 18.1 Å². The maximum Gasteiger partial charge on any atom is 0.261 e. The van der Waals surface area contributed by atoms with Gasteiger partial charge < -0.3 is 9.16 Å². The predicted molar refractivity (Wildman–Crippen MR) is 123 cm³/mol. The number of carbonyl (C=O) groups excluding carboxylic acids is 2. The monoisotopic (exact) mass is 489 g/mol. The Hall–Kier alpha value is -1.96. The van der Waals surface area contributed by atoms with Gasteiger partial charge in [-0.15, -0.1) is 0 Å². The summed E-state index contributed by atoms with van der Waals surface area (Å²) in [5, 5.41) is 0. The van der Waals surface area contributed by atoms with Crippen molar-refractivity contribution in [2.45, 2.75) is 51.0 Å². The smallest absolute Gasteiger partial charge is 0.261 e. The molecule has 1 saturated heterocycles. The molecule has 0 bridgehead atoms. The lowest BCUT2D eigenvalue weighted by Gasteiger charge is -2.48. The summed E-state index contributed by atoms with van der Waals surface area (Å²) in [4.78, 5) is 27.7. The van der Waals surface area contributed by atoms with Crippen molar-refractivity contribution in [1.82, 2.24) is 4.90 Å². The topological polar surface area (TPSA) is 55.8 Å². The van der Waals surface area contributed by atoms with Gasteiger partial charge in [-0.1, -0.05) is 48.8 Å². The Morgan fingerprint density at radius 1 is 1.00 bits per heavy atom. The first-order valence-corrected chi connectivity index (χ1v) is 13.7. The molecule has 1 aliphatic rings. The van der Waals surface area contributed by atoms with Crippen LogP contribution in [0.1, 0.15) is 42.7 Å². The molecule has 160 valence electrons. The molecule has 0 radical (unpaired) electrons. The largest absolute Gasteiger partial charge is 0.497 e. The first-order valence-electron chi connectivity index (χ1n) is 10.3. The number of hydrogen-bond acceptors (Lipinski definition) is 4. The molecule has 1 aliphatic heterocycles. The SMILES string of the molecule is CC[Si](CC)(CC)OC1C(=O)N(C(=O)c2ccc(Br)cc2)C1c1ccc(OC)cc1. The maximum absolute atomic E-state index is 13.2. The van der Waals surface area contributed by atoms with Gasteiger partial charge >= 0.3 is 0 Å². The molecule has 0 N–H and O–H groups in total. The zero-order valence-electron chi connectivity index (χ0n) is 17.9. The van der Waals surface area contributed by atoms with Gasteiger partial charge in [0.05, 0.1) is 13.2 Å². The van der Waals surface area contributed by atoms with Crippen molar-refractivity contribution in [1.29, 1.82) is 0 Å². The molecule has 5 nitrogen and oxygen atoms in total. The summed E-state index contributed by atoms with van der Waals surface area (Å²) in [6.07, 6.45) is -0.621. The number of methoxy groups -OCH3 is 1. The maximum atomic E-state index is 13.2. The Balaban J connectivity index is 1.96. The molecule has 7 heteroatoms. The fraction of sp³-hybridized carbons (Fsp3) is 0.391. The molecule has 0 saturated carbocycles. The van der Waals surface area contributed by atoms with Gasteiger partial charge in [-0.2, -0.15) is 0 Å². The Morgan fingerprint density at radius 3 is 2.07 bits per heavy atom. The molecule has 2 amide bonds. The second-order valence-corrected chi connectivity index (χ2v) is 13.2. The van der Waals surface area contributed by atoms with Gasteiger partial charge in [0, 0.05) is 10.0 Å². The molecule has 0 aromatic heterocycles. The number of halogens is 1. The lowest BCUT2D eigenvalue weighted by Crippen LogP contribution is -2.64. The van der Waals surface area contributed by atoms with E-state index in [0.29, 0.717) is 5.56 Å². The number of hydrogen-bond donors (Lipinski definition) is 0. The molecule has 1 fully saturated rings. The van der Waals surface area contributed by atoms with Crippen LogP contribution in [0.3, 0.4) is 0 Å². The Labute approximate surface area is 187 Å². The molecule has 2 aromatic rings. The van der Waals surface area contributed by atoms with Gasteiger partial charge in [0.25, 0.3) is 11.8 Å². The van der Waals surface area contributed by atoms with Crippen LogP contribution in [-0.4, -0.2) is 38.2 Å². The van der Waals surface area contributed by atoms with Crippen molar-refractivity contribution < 1.29 is 18.8 Å². The van der Waals surface area contributed by atoms with E-state index in [0.717, 1.165) is 33.9 Å². The van der Waals surface area contributed by atoms with Gasteiger partial charge in [-0.25, -0.2) is 0 Å². The van der Waals surface area contributed by atoms with Crippen molar-refractivity contribution in [3.63, 3.8) is 0 Å². The summed E-state index contributed by atoms with van der Waals surface area (Å²) >= 11 is 3.38. The molecule has 0 aliphatic carbocycles. The number of imide groups is 1. The van der Waals surface area contributed by atoms with Crippen LogP contribution in [0.5, 0.6) is 5.75 Å². The van der Waals surface area contributed by atoms with Crippen molar-refractivity contribution in [3.05, 3.63) is 64.1 Å². The van der Waals surface area contributed by atoms with E-state index in [1.54, 1.807) is 31.4 Å². The van der Waals surface area contributed by atoms with Crippen molar-refractivity contribution >= 4 is 36.1 Å². The standard InChI is InChI=1S/C23H28BrNO4Si/c1-5-30(6-2,7-3)29-21-20(16-10-14-19(28-4)15-11-16)25(23(21)27)22(26)17-8-12-18(24)13-9-17/h8-15,20-21H,5-7H2,1-4H3. The fourth-order valence-corrected chi connectivity index (χ4v) is 6.96. The molecular weight excluding hydrogens is 462 g/mol. The van der Waals surface area contributed by atoms with Gasteiger partial charge in [0.15, 0.2) is 14.4 Å². The Kier molecular flexibility index (Phi) is 7.16. The van der Waals surface area contributed by atoms with Crippen molar-refractivity contribution in [3.8, 4) is 5.75 Å². The molecule has 2 atom stereocenters. The zero-order chi connectivity index (χ0) is 21.9. The minimum absolute atomic E-state index is 0.254. The van der Waals surface area contributed by atoms with Crippen LogP contribution in [0, 0.1) is 0 Å². The molecule has 30 heavy (non-hydrogen) atoms. The van der Waals surface area contributed by atoms with E-state index < -0.39 is 20.5 Å². The summed E-state index contributed by atoms with van der Waals surface area (Å²) < 4.78 is 12.7. The minimum atomic E-state index is -2.03. The highest BCUT2D eigenvalue weighted by Crippen LogP contribution is 2.41. The number of ether oxygens (including phenoxy) is 1. The van der Waals surface area contributed by atoms with E-state index in [1.165, 1.54) is 4.90 Å². The number of β-lactam (4-membered cyclic amide) rings is 1. The van der Waals surface area contributed by atoms with E-state index >= 15 is 0 Å². The first-order chi connectivity index (χ1) is 14.4. The van der Waals surface area contributed by atoms with E-state index in [4.69, 9.17) is 9.16 Å². The predicted octanol–water partition coefficient (Wildman–Crippen LogP) is 5.57. The summed E-state index contributed by atoms with van der Waals surface area (Å²) in [5.74, 6) is 0.174. The van der Waals surface area contributed by atoms with Crippen LogP contribution in [0.15, 0.2) is 53.0 Å². The average Bonchev–Trinajstić information content (AvgIpc) is 2.79. The third-order valence-corrected chi connectivity index (χ3v) is 11.3. The third-order valence-electron chi connectivity index (χ3n) is 6.12. The number of amides is 2. The fourth-order valence-electron chi connectivity index (χ4n) is 3.93. The molecule has 1 heterocycles. The minimum Gasteiger partial charge on any atom is -0.497 e.